The lowest BCUT2D eigenvalue weighted by Gasteiger charge is -2.11. The Balaban J connectivity index is 1.10. The Labute approximate surface area is 325 Å². The predicted octanol–water partition coefficient (Wildman–Crippen LogP) is 13.7. The van der Waals surface area contributed by atoms with E-state index in [-0.39, 0.29) is 0 Å². The van der Waals surface area contributed by atoms with Gasteiger partial charge in [0.05, 0.1) is 0 Å². The van der Waals surface area contributed by atoms with Crippen molar-refractivity contribution in [2.75, 3.05) is 0 Å². The third-order valence-electron chi connectivity index (χ3n) is 11.2. The maximum atomic E-state index is 6.92. The summed E-state index contributed by atoms with van der Waals surface area (Å²) >= 11 is 1.92. The van der Waals surface area contributed by atoms with E-state index in [1.807, 2.05) is 47.7 Å². The molecule has 10 aromatic rings. The maximum absolute atomic E-state index is 6.92. The van der Waals surface area contributed by atoms with Crippen molar-refractivity contribution in [3.63, 3.8) is 0 Å². The van der Waals surface area contributed by atoms with E-state index < -0.39 is 0 Å². The number of rotatable bonds is 4. The molecular formula is C50H31N3O2S. The first-order valence-corrected chi connectivity index (χ1v) is 19.9. The summed E-state index contributed by atoms with van der Waals surface area (Å²) in [5.41, 5.74) is 9.82. The van der Waals surface area contributed by atoms with Crippen LogP contribution >= 0.6 is 11.3 Å². The van der Waals surface area contributed by atoms with Gasteiger partial charge in [0.15, 0.2) is 17.5 Å². The van der Waals surface area contributed by atoms with Gasteiger partial charge in [-0.3, -0.25) is 0 Å². The van der Waals surface area contributed by atoms with Gasteiger partial charge in [0, 0.05) is 58.9 Å². The molecule has 264 valence electrons. The van der Waals surface area contributed by atoms with Crippen LogP contribution in [0.5, 0.6) is 0 Å². The highest BCUT2D eigenvalue weighted by molar-refractivity contribution is 7.19. The van der Waals surface area contributed by atoms with Crippen molar-refractivity contribution in [3.05, 3.63) is 167 Å². The number of hydrogen-bond donors (Lipinski definition) is 0. The molecular weight excluding hydrogens is 707 g/mol. The summed E-state index contributed by atoms with van der Waals surface area (Å²) in [6.45, 7) is 0. The number of allylic oxidation sites excluding steroid dienone is 3. The van der Waals surface area contributed by atoms with Crippen molar-refractivity contribution in [1.29, 1.82) is 0 Å². The minimum atomic E-state index is 0.583. The zero-order valence-corrected chi connectivity index (χ0v) is 30.9. The molecule has 0 spiro atoms. The van der Waals surface area contributed by atoms with Crippen LogP contribution in [0.1, 0.15) is 40.2 Å². The molecule has 0 amide bonds. The van der Waals surface area contributed by atoms with Crippen molar-refractivity contribution < 1.29 is 8.83 Å². The Morgan fingerprint density at radius 1 is 0.536 bits per heavy atom. The third-order valence-corrected chi connectivity index (χ3v) is 12.4. The van der Waals surface area contributed by atoms with Gasteiger partial charge in [-0.25, -0.2) is 15.0 Å². The highest BCUT2D eigenvalue weighted by atomic mass is 32.1. The molecule has 0 fully saturated rings. The highest BCUT2D eigenvalue weighted by Gasteiger charge is 2.26. The van der Waals surface area contributed by atoms with E-state index in [0.29, 0.717) is 17.5 Å². The number of hydrogen-bond acceptors (Lipinski definition) is 6. The lowest BCUT2D eigenvalue weighted by molar-refractivity contribution is 0.599. The van der Waals surface area contributed by atoms with Gasteiger partial charge in [-0.2, -0.15) is 0 Å². The normalized spacial score (nSPS) is 13.8. The monoisotopic (exact) mass is 737 g/mol. The fourth-order valence-electron chi connectivity index (χ4n) is 8.67. The van der Waals surface area contributed by atoms with Crippen LogP contribution in [0, 0.1) is 0 Å². The topological polar surface area (TPSA) is 65.0 Å². The van der Waals surface area contributed by atoms with Crippen molar-refractivity contribution in [2.24, 2.45) is 0 Å². The summed E-state index contributed by atoms with van der Waals surface area (Å²) in [7, 11) is 0. The van der Waals surface area contributed by atoms with E-state index in [0.717, 1.165) is 96.5 Å². The lowest BCUT2D eigenvalue weighted by atomic mass is 9.92. The number of benzene rings is 6. The fourth-order valence-corrected chi connectivity index (χ4v) is 9.91. The van der Waals surface area contributed by atoms with E-state index in [9.17, 15) is 0 Å². The van der Waals surface area contributed by atoms with Gasteiger partial charge < -0.3 is 8.83 Å². The van der Waals surface area contributed by atoms with Crippen molar-refractivity contribution in [2.45, 2.75) is 19.3 Å². The van der Waals surface area contributed by atoms with Gasteiger partial charge in [0.2, 0.25) is 0 Å². The molecule has 6 aromatic carbocycles. The number of thiophene rings is 1. The van der Waals surface area contributed by atoms with Crippen LogP contribution in [0.3, 0.4) is 0 Å². The van der Waals surface area contributed by atoms with Gasteiger partial charge >= 0.3 is 0 Å². The Hall–Kier alpha value is -6.89. The van der Waals surface area contributed by atoms with E-state index >= 15 is 0 Å². The van der Waals surface area contributed by atoms with E-state index in [1.54, 1.807) is 0 Å². The zero-order chi connectivity index (χ0) is 36.7. The molecule has 0 saturated heterocycles. The van der Waals surface area contributed by atoms with Crippen molar-refractivity contribution in [3.8, 4) is 34.2 Å². The molecule has 4 aromatic heterocycles. The molecule has 6 heteroatoms. The molecule has 2 aliphatic carbocycles. The Bertz CT molecular complexity index is 3360. The van der Waals surface area contributed by atoms with Gasteiger partial charge in [0.1, 0.15) is 22.5 Å². The molecule has 0 saturated carbocycles. The molecule has 2 aliphatic rings. The molecule has 12 rings (SSSR count). The first kappa shape index (κ1) is 31.5. The van der Waals surface area contributed by atoms with Gasteiger partial charge in [-0.05, 0) is 71.5 Å². The second-order valence-corrected chi connectivity index (χ2v) is 15.6. The van der Waals surface area contributed by atoms with E-state index in [1.165, 1.54) is 26.1 Å². The van der Waals surface area contributed by atoms with Crippen molar-refractivity contribution >= 4 is 82.8 Å². The Kier molecular flexibility index (Phi) is 6.92. The molecule has 0 bridgehead atoms. The number of nitrogens with zero attached hydrogens (tertiary/aromatic N) is 3. The molecule has 0 aliphatic heterocycles. The molecule has 0 radical (unpaired) electrons. The van der Waals surface area contributed by atoms with E-state index in [4.69, 9.17) is 23.8 Å². The second-order valence-electron chi connectivity index (χ2n) is 14.5. The number of para-hydroxylation sites is 1. The highest BCUT2D eigenvalue weighted by Crippen LogP contribution is 2.46. The fraction of sp³-hybridized carbons (Fsp3) is 0.0600. The SMILES string of the molecule is C1=Cc2c(oc3cccc(-c4nc(-c5ccc6ccccc6c5)nc(-c5cccc6oc7ccccc7c56)n4)c23)C(c2cccc3sc4c(c23)C=CCC4)=CC1. The number of aromatic nitrogens is 3. The maximum Gasteiger partial charge on any atom is 0.164 e. The van der Waals surface area contributed by atoms with Gasteiger partial charge in [-0.1, -0.05) is 121 Å². The first-order chi connectivity index (χ1) is 27.7. The summed E-state index contributed by atoms with van der Waals surface area (Å²) in [6, 6.07) is 41.9. The van der Waals surface area contributed by atoms with Gasteiger partial charge in [0.25, 0.3) is 0 Å². The smallest absolute Gasteiger partial charge is 0.164 e. The Morgan fingerprint density at radius 3 is 2.14 bits per heavy atom. The first-order valence-electron chi connectivity index (χ1n) is 19.1. The average molecular weight is 738 g/mol. The van der Waals surface area contributed by atoms with E-state index in [2.05, 4.69) is 115 Å². The van der Waals surface area contributed by atoms with Crippen LogP contribution in [0.2, 0.25) is 0 Å². The molecule has 5 nitrogen and oxygen atoms in total. The summed E-state index contributed by atoms with van der Waals surface area (Å²) in [5.74, 6) is 2.64. The molecule has 56 heavy (non-hydrogen) atoms. The van der Waals surface area contributed by atoms with Crippen LogP contribution in [0.4, 0.5) is 0 Å². The minimum Gasteiger partial charge on any atom is -0.456 e. The second kappa shape index (κ2) is 12.3. The van der Waals surface area contributed by atoms with Crippen LogP contribution in [0.15, 0.2) is 148 Å². The Morgan fingerprint density at radius 2 is 1.25 bits per heavy atom. The van der Waals surface area contributed by atoms with Crippen LogP contribution in [-0.2, 0) is 6.42 Å². The predicted molar refractivity (Wildman–Crippen MR) is 231 cm³/mol. The average Bonchev–Trinajstić information content (AvgIpc) is 3.90. The standard InChI is InChI=1S/C50H31N3O2S/c1-2-13-30-28-31(27-26-29(30)12-1)48-51-49(37-19-9-22-40-44(37)34-15-5-7-21-39(34)54-40)53-50(52-48)38-20-10-23-41-45(38)36-17-4-3-14-33(47(36)55-41)32-18-11-25-43-46(32)35-16-6-8-24-42(35)56-43/h1-2,4-7,9-23,25-28H,3,8,24H2. The van der Waals surface area contributed by atoms with Crippen LogP contribution < -0.4 is 0 Å². The molecule has 0 atom stereocenters. The van der Waals surface area contributed by atoms with Crippen molar-refractivity contribution in [1.82, 2.24) is 15.0 Å². The summed E-state index contributed by atoms with van der Waals surface area (Å²) in [6.07, 6.45) is 14.3. The number of furan rings is 2. The summed E-state index contributed by atoms with van der Waals surface area (Å²) in [4.78, 5) is 17.2. The minimum absolute atomic E-state index is 0.583. The lowest BCUT2D eigenvalue weighted by Crippen LogP contribution is -2.01. The number of aryl methyl sites for hydroxylation is 1. The van der Waals surface area contributed by atoms with Crippen LogP contribution in [-0.4, -0.2) is 15.0 Å². The summed E-state index contributed by atoms with van der Waals surface area (Å²) in [5, 5.41) is 6.59. The zero-order valence-electron chi connectivity index (χ0n) is 30.1. The summed E-state index contributed by atoms with van der Waals surface area (Å²) < 4.78 is 14.6. The third kappa shape index (κ3) is 4.82. The largest absolute Gasteiger partial charge is 0.456 e. The van der Waals surface area contributed by atoms with Gasteiger partial charge in [-0.15, -0.1) is 11.3 Å². The molecule has 4 heterocycles. The quantitative estimate of drug-likeness (QED) is 0.180. The number of fused-ring (bicyclic) bond motifs is 10. The molecule has 0 unspecified atom stereocenters. The van der Waals surface area contributed by atoms with Crippen LogP contribution in [0.25, 0.3) is 106 Å². The molecule has 0 N–H and O–H groups in total.